The molecule has 0 fully saturated rings. The van der Waals surface area contributed by atoms with Gasteiger partial charge in [-0.3, -0.25) is 4.79 Å². The van der Waals surface area contributed by atoms with Crippen molar-refractivity contribution in [2.45, 2.75) is 19.4 Å². The van der Waals surface area contributed by atoms with Crippen molar-refractivity contribution in [3.63, 3.8) is 0 Å². The van der Waals surface area contributed by atoms with Gasteiger partial charge in [0.2, 0.25) is 0 Å². The van der Waals surface area contributed by atoms with Gasteiger partial charge in [0.05, 0.1) is 0 Å². The Balaban J connectivity index is 4.10. The number of nitrogens with zero attached hydrogens (tertiary/aromatic N) is 1. The second-order valence-electron chi connectivity index (χ2n) is 2.36. The zero-order valence-corrected chi connectivity index (χ0v) is 7.00. The fourth-order valence-electron chi connectivity index (χ4n) is 0.866. The van der Waals surface area contributed by atoms with Gasteiger partial charge in [-0.25, -0.2) is 0 Å². The Morgan fingerprint density at radius 3 is 2.64 bits per heavy atom. The molecular formula is C8H14N2O. The summed E-state index contributed by atoms with van der Waals surface area (Å²) in [5.74, 6) is 1.74. The number of likely N-dealkylation sites (N-methyl/N-ethyl adjacent to an activating group) is 1. The van der Waals surface area contributed by atoms with E-state index in [-0.39, 0.29) is 11.9 Å². The molecule has 0 aromatic heterocycles. The Morgan fingerprint density at radius 1 is 1.82 bits per heavy atom. The van der Waals surface area contributed by atoms with Gasteiger partial charge in [-0.15, -0.1) is 6.42 Å². The third-order valence-electron chi connectivity index (χ3n) is 1.73. The van der Waals surface area contributed by atoms with Crippen molar-refractivity contribution in [3.8, 4) is 12.3 Å². The maximum atomic E-state index is 10.9. The molecule has 0 rings (SSSR count). The number of hydrogen-bond acceptors (Lipinski definition) is 2. The van der Waals surface area contributed by atoms with Crippen LogP contribution < -0.4 is 5.73 Å². The van der Waals surface area contributed by atoms with Gasteiger partial charge in [0.15, 0.2) is 0 Å². The van der Waals surface area contributed by atoms with Crippen molar-refractivity contribution < 1.29 is 4.79 Å². The lowest BCUT2D eigenvalue weighted by Gasteiger charge is -2.23. The van der Waals surface area contributed by atoms with Crippen molar-refractivity contribution in [2.75, 3.05) is 13.6 Å². The average Bonchev–Trinajstić information content (AvgIpc) is 2.05. The molecule has 0 aliphatic carbocycles. The van der Waals surface area contributed by atoms with Gasteiger partial charge in [-0.05, 0) is 12.3 Å². The molecule has 2 N–H and O–H groups in total. The van der Waals surface area contributed by atoms with E-state index in [9.17, 15) is 4.79 Å². The van der Waals surface area contributed by atoms with Crippen LogP contribution in [0.4, 0.5) is 0 Å². The van der Waals surface area contributed by atoms with E-state index in [4.69, 9.17) is 12.2 Å². The molecule has 3 nitrogen and oxygen atoms in total. The number of terminal acetylenes is 1. The number of rotatable bonds is 3. The summed E-state index contributed by atoms with van der Waals surface area (Å²) >= 11 is 0. The molecule has 0 aliphatic rings. The van der Waals surface area contributed by atoms with E-state index < -0.39 is 0 Å². The van der Waals surface area contributed by atoms with Crippen LogP contribution >= 0.6 is 0 Å². The molecule has 0 aliphatic heterocycles. The first kappa shape index (κ1) is 9.99. The molecule has 62 valence electrons. The summed E-state index contributed by atoms with van der Waals surface area (Å²) in [5, 5.41) is 0. The van der Waals surface area contributed by atoms with E-state index in [0.29, 0.717) is 6.54 Å². The third-order valence-corrected chi connectivity index (χ3v) is 1.73. The lowest BCUT2D eigenvalue weighted by atomic mass is 10.2. The Hall–Kier alpha value is -1.01. The average molecular weight is 154 g/mol. The highest BCUT2D eigenvalue weighted by Crippen LogP contribution is 1.98. The van der Waals surface area contributed by atoms with Crippen LogP contribution in [0, 0.1) is 12.3 Å². The van der Waals surface area contributed by atoms with Crippen molar-refractivity contribution >= 4 is 5.91 Å². The third kappa shape index (κ3) is 2.60. The molecule has 0 saturated heterocycles. The highest BCUT2D eigenvalue weighted by Gasteiger charge is 2.13. The van der Waals surface area contributed by atoms with Crippen molar-refractivity contribution in [1.82, 2.24) is 4.90 Å². The van der Waals surface area contributed by atoms with E-state index in [1.807, 2.05) is 12.8 Å². The quantitative estimate of drug-likeness (QED) is 0.573. The second-order valence-corrected chi connectivity index (χ2v) is 2.36. The Kier molecular flexibility index (Phi) is 4.32. The van der Waals surface area contributed by atoms with Crippen molar-refractivity contribution in [2.24, 2.45) is 5.73 Å². The first-order valence-corrected chi connectivity index (χ1v) is 3.60. The first-order valence-electron chi connectivity index (χ1n) is 3.60. The van der Waals surface area contributed by atoms with Crippen LogP contribution in [0.15, 0.2) is 0 Å². The minimum atomic E-state index is -0.303. The summed E-state index contributed by atoms with van der Waals surface area (Å²) in [6, 6.07) is 0.0681. The molecule has 3 heteroatoms. The minimum absolute atomic E-state index is 0.0681. The number of carbonyl (C=O) groups is 1. The topological polar surface area (TPSA) is 46.3 Å². The minimum Gasteiger partial charge on any atom is -0.331 e. The fourth-order valence-corrected chi connectivity index (χ4v) is 0.866. The van der Waals surface area contributed by atoms with E-state index >= 15 is 0 Å². The van der Waals surface area contributed by atoms with Crippen LogP contribution in [0.2, 0.25) is 0 Å². The van der Waals surface area contributed by atoms with Gasteiger partial charge in [-0.2, -0.15) is 0 Å². The van der Waals surface area contributed by atoms with Crippen LogP contribution in [-0.2, 0) is 4.79 Å². The van der Waals surface area contributed by atoms with Crippen LogP contribution in [0.25, 0.3) is 0 Å². The van der Waals surface area contributed by atoms with Crippen LogP contribution in [-0.4, -0.2) is 30.4 Å². The van der Waals surface area contributed by atoms with Crippen LogP contribution in [0.1, 0.15) is 13.3 Å². The first-order chi connectivity index (χ1) is 5.17. The van der Waals surface area contributed by atoms with Gasteiger partial charge >= 0.3 is 0 Å². The predicted molar refractivity (Wildman–Crippen MR) is 44.7 cm³/mol. The molecule has 1 amide bonds. The van der Waals surface area contributed by atoms with Crippen LogP contribution in [0.3, 0.4) is 0 Å². The molecule has 0 spiro atoms. The summed E-state index contributed by atoms with van der Waals surface area (Å²) in [4.78, 5) is 12.4. The number of hydrogen-bond donors (Lipinski definition) is 1. The lowest BCUT2D eigenvalue weighted by Crippen LogP contribution is -2.40. The molecule has 0 aromatic carbocycles. The molecule has 0 saturated carbocycles. The van der Waals surface area contributed by atoms with Gasteiger partial charge < -0.3 is 10.6 Å². The van der Waals surface area contributed by atoms with E-state index in [1.165, 1.54) is 4.90 Å². The summed E-state index contributed by atoms with van der Waals surface area (Å²) in [6.07, 6.45) is 5.77. The predicted octanol–water partition coefficient (Wildman–Crippen LogP) is -0.185. The highest BCUT2D eigenvalue weighted by atomic mass is 16.2. The molecule has 1 atom stereocenters. The SMILES string of the molecule is C#CC(=O)N(C)C(CC)CN. The van der Waals surface area contributed by atoms with E-state index in [1.54, 1.807) is 7.05 Å². The summed E-state index contributed by atoms with van der Waals surface area (Å²) in [7, 11) is 1.67. The largest absolute Gasteiger partial charge is 0.331 e. The van der Waals surface area contributed by atoms with Gasteiger partial charge in [0, 0.05) is 19.6 Å². The molecular weight excluding hydrogens is 140 g/mol. The van der Waals surface area contributed by atoms with E-state index in [2.05, 4.69) is 0 Å². The Morgan fingerprint density at radius 2 is 2.36 bits per heavy atom. The maximum absolute atomic E-state index is 10.9. The summed E-state index contributed by atoms with van der Waals surface area (Å²) in [5.41, 5.74) is 5.41. The molecule has 0 bridgehead atoms. The smallest absolute Gasteiger partial charge is 0.298 e. The molecule has 0 radical (unpaired) electrons. The van der Waals surface area contributed by atoms with Gasteiger partial charge in [0.1, 0.15) is 0 Å². The Bertz CT molecular complexity index is 167. The molecule has 0 aromatic rings. The number of carbonyl (C=O) groups excluding carboxylic acids is 1. The lowest BCUT2D eigenvalue weighted by molar-refractivity contribution is -0.125. The molecule has 11 heavy (non-hydrogen) atoms. The zero-order chi connectivity index (χ0) is 8.85. The van der Waals surface area contributed by atoms with E-state index in [0.717, 1.165) is 6.42 Å². The second kappa shape index (κ2) is 4.75. The summed E-state index contributed by atoms with van der Waals surface area (Å²) < 4.78 is 0. The number of nitrogens with two attached hydrogens (primary N) is 1. The van der Waals surface area contributed by atoms with Gasteiger partial charge in [-0.1, -0.05) is 6.92 Å². The maximum Gasteiger partial charge on any atom is 0.298 e. The monoisotopic (exact) mass is 154 g/mol. The van der Waals surface area contributed by atoms with Crippen molar-refractivity contribution in [1.29, 1.82) is 0 Å². The van der Waals surface area contributed by atoms with Gasteiger partial charge in [0.25, 0.3) is 5.91 Å². The molecule has 0 heterocycles. The highest BCUT2D eigenvalue weighted by molar-refractivity contribution is 5.92. The summed E-state index contributed by atoms with van der Waals surface area (Å²) in [6.45, 7) is 2.43. The van der Waals surface area contributed by atoms with Crippen molar-refractivity contribution in [3.05, 3.63) is 0 Å². The zero-order valence-electron chi connectivity index (χ0n) is 7.00. The Labute approximate surface area is 67.6 Å². The standard InChI is InChI=1S/C8H14N2O/c1-4-7(6-9)10(3)8(11)5-2/h2,7H,4,6,9H2,1,3H3. The molecule has 1 unspecified atom stereocenters. The number of amides is 1. The normalized spacial score (nSPS) is 11.8. The fraction of sp³-hybridized carbons (Fsp3) is 0.625. The van der Waals surface area contributed by atoms with Crippen LogP contribution in [0.5, 0.6) is 0 Å².